The average molecular weight is 664 g/mol. The predicted octanol–water partition coefficient (Wildman–Crippen LogP) is -1.22. The van der Waals surface area contributed by atoms with Crippen molar-refractivity contribution in [3.8, 4) is 0 Å². The lowest BCUT2D eigenvalue weighted by atomic mass is 10.1. The second-order valence-electron chi connectivity index (χ2n) is 12.0. The molecule has 18 nitrogen and oxygen atoms in total. The Hall–Kier alpha value is -2.55. The molecular weight excluding hydrogens is 625 g/mol. The second-order valence-corrected chi connectivity index (χ2v) is 18.2. The van der Waals surface area contributed by atoms with Crippen LogP contribution in [0.3, 0.4) is 0 Å². The zero-order valence-corrected chi connectivity index (χ0v) is 26.6. The predicted molar refractivity (Wildman–Crippen MR) is 154 cm³/mol. The van der Waals surface area contributed by atoms with E-state index in [2.05, 4.69) is 4.98 Å². The number of nitrogen functional groups attached to an aromatic ring is 1. The minimum atomic E-state index is -5.05. The lowest BCUT2D eigenvalue weighted by Gasteiger charge is -2.40. The number of hydrogen-bond donors (Lipinski definition) is 6. The molecule has 7 N–H and O–H groups in total. The molecule has 0 aliphatic carbocycles. The van der Waals surface area contributed by atoms with Crippen molar-refractivity contribution in [3.05, 3.63) is 55.8 Å². The zero-order chi connectivity index (χ0) is 32.8. The third-order valence-corrected chi connectivity index (χ3v) is 13.4. The smallest absolute Gasteiger partial charge is 0.407 e. The van der Waals surface area contributed by atoms with Crippen LogP contribution in [0.4, 0.5) is 5.82 Å². The Labute approximate surface area is 251 Å². The number of anilines is 1. The third kappa shape index (κ3) is 7.13. The molecule has 44 heavy (non-hydrogen) atoms. The summed E-state index contributed by atoms with van der Waals surface area (Å²) in [7, 11) is -7.73. The van der Waals surface area contributed by atoms with Gasteiger partial charge < -0.3 is 39.8 Å². The molecule has 0 amide bonds. The van der Waals surface area contributed by atoms with Crippen LogP contribution < -0.4 is 22.7 Å². The van der Waals surface area contributed by atoms with Crippen LogP contribution in [0.1, 0.15) is 33.2 Å². The number of ether oxygens (including phenoxy) is 2. The summed E-state index contributed by atoms with van der Waals surface area (Å²) in [4.78, 5) is 52.6. The van der Waals surface area contributed by atoms with Crippen LogP contribution in [-0.4, -0.2) is 97.5 Å². The van der Waals surface area contributed by atoms with Crippen molar-refractivity contribution >= 4 is 22.0 Å². The van der Waals surface area contributed by atoms with Crippen molar-refractivity contribution in [1.29, 1.82) is 0 Å². The van der Waals surface area contributed by atoms with E-state index in [1.165, 1.54) is 12.3 Å². The van der Waals surface area contributed by atoms with Gasteiger partial charge in [-0.3, -0.25) is 28.0 Å². The molecule has 0 spiro atoms. The van der Waals surface area contributed by atoms with Crippen molar-refractivity contribution in [2.24, 2.45) is 0 Å². The van der Waals surface area contributed by atoms with Crippen molar-refractivity contribution in [2.45, 2.75) is 88.0 Å². The number of phosphoric ester groups is 1. The molecule has 0 aromatic carbocycles. The van der Waals surface area contributed by atoms with Gasteiger partial charge in [0.25, 0.3) is 5.56 Å². The number of aliphatic hydroxyl groups is 3. The highest BCUT2D eigenvalue weighted by molar-refractivity contribution is 7.47. The van der Waals surface area contributed by atoms with Crippen LogP contribution in [0.15, 0.2) is 38.9 Å². The Morgan fingerprint density at radius 3 is 2.27 bits per heavy atom. The van der Waals surface area contributed by atoms with Gasteiger partial charge in [-0.25, -0.2) is 14.2 Å². The molecule has 20 heteroatoms. The Kier molecular flexibility index (Phi) is 9.89. The molecule has 0 radical (unpaired) electrons. The van der Waals surface area contributed by atoms with Crippen LogP contribution >= 0.6 is 7.82 Å². The summed E-state index contributed by atoms with van der Waals surface area (Å²) in [6, 6.07) is 2.36. The van der Waals surface area contributed by atoms with E-state index in [0.717, 1.165) is 21.4 Å². The molecule has 1 unspecified atom stereocenters. The van der Waals surface area contributed by atoms with E-state index >= 15 is 0 Å². The summed E-state index contributed by atoms with van der Waals surface area (Å²) >= 11 is 0. The highest BCUT2D eigenvalue weighted by Gasteiger charge is 2.54. The largest absolute Gasteiger partial charge is 0.472 e. The fourth-order valence-electron chi connectivity index (χ4n) is 4.54. The van der Waals surface area contributed by atoms with Gasteiger partial charge >= 0.3 is 19.2 Å². The maximum Gasteiger partial charge on any atom is 0.472 e. The number of H-pyrrole nitrogens is 1. The van der Waals surface area contributed by atoms with Gasteiger partial charge in [-0.15, -0.1) is 0 Å². The van der Waals surface area contributed by atoms with E-state index < -0.39 is 95.4 Å². The number of rotatable bonds is 10. The molecule has 2 aliphatic heterocycles. The number of hydrogen-bond acceptors (Lipinski definition) is 14. The van der Waals surface area contributed by atoms with Gasteiger partial charge in [-0.1, -0.05) is 20.8 Å². The number of nitrogens with two attached hydrogens (primary N) is 1. The summed E-state index contributed by atoms with van der Waals surface area (Å²) in [6.07, 6.45) is -8.94. The Morgan fingerprint density at radius 2 is 1.68 bits per heavy atom. The molecule has 2 aromatic heterocycles. The first kappa shape index (κ1) is 34.3. The average Bonchev–Trinajstić information content (AvgIpc) is 3.37. The fourth-order valence-corrected chi connectivity index (χ4v) is 6.79. The summed E-state index contributed by atoms with van der Waals surface area (Å²) < 4.78 is 43.7. The Balaban J connectivity index is 1.56. The van der Waals surface area contributed by atoms with E-state index in [1.807, 2.05) is 38.8 Å². The van der Waals surface area contributed by atoms with Gasteiger partial charge in [0.2, 0.25) is 0 Å². The maximum atomic E-state index is 13.2. The molecule has 4 rings (SSSR count). The number of nitrogens with zero attached hydrogens (tertiary/aromatic N) is 3. The van der Waals surface area contributed by atoms with Gasteiger partial charge in [0, 0.05) is 18.5 Å². The summed E-state index contributed by atoms with van der Waals surface area (Å²) in [5.41, 5.74) is 3.23. The Bertz CT molecular complexity index is 1560. The van der Waals surface area contributed by atoms with Crippen LogP contribution in [0, 0.1) is 0 Å². The molecule has 2 aliphatic rings. The number of aromatic nitrogens is 4. The van der Waals surface area contributed by atoms with Gasteiger partial charge in [-0.05, 0) is 24.2 Å². The number of phosphoric acid groups is 1. The van der Waals surface area contributed by atoms with Crippen LogP contribution in [0.25, 0.3) is 0 Å². The van der Waals surface area contributed by atoms with Gasteiger partial charge in [-0.2, -0.15) is 4.98 Å². The molecule has 2 aromatic rings. The van der Waals surface area contributed by atoms with Gasteiger partial charge in [0.15, 0.2) is 20.8 Å². The number of aromatic amines is 1. The summed E-state index contributed by atoms with van der Waals surface area (Å²) in [5.74, 6) is -0.0417. The normalized spacial score (nSPS) is 30.8. The second kappa shape index (κ2) is 12.7. The highest BCUT2D eigenvalue weighted by atomic mass is 31.2. The van der Waals surface area contributed by atoms with Gasteiger partial charge in [0.1, 0.15) is 42.4 Å². The lowest BCUT2D eigenvalue weighted by Crippen LogP contribution is -2.50. The van der Waals surface area contributed by atoms with E-state index in [-0.39, 0.29) is 10.9 Å². The minimum absolute atomic E-state index is 0.0417. The van der Waals surface area contributed by atoms with Crippen LogP contribution in [-0.2, 0) is 27.5 Å². The zero-order valence-electron chi connectivity index (χ0n) is 24.7. The van der Waals surface area contributed by atoms with E-state index in [9.17, 15) is 39.2 Å². The monoisotopic (exact) mass is 663 g/mol. The first-order valence-corrected chi connectivity index (χ1v) is 18.0. The first-order chi connectivity index (χ1) is 20.3. The van der Waals surface area contributed by atoms with E-state index in [4.69, 9.17) is 28.7 Å². The van der Waals surface area contributed by atoms with Gasteiger partial charge in [0.05, 0.1) is 13.2 Å². The van der Waals surface area contributed by atoms with Crippen molar-refractivity contribution in [3.63, 3.8) is 0 Å². The molecule has 246 valence electrons. The standard InChI is InChI=1S/C24H38N5O13PSi/c1-24(2,3)44(4,5)42-19-18(12(10-30)39-21(19)29-8-6-14(25)26-22(29)34)41-43(36,37)38-11-13-16(32)17(33)20(40-13)28-9-7-15(31)27-23(28)35/h6-9,12-13,16-21,30,32-33H,10-11H2,1-5H3,(H,36,37)(H2,25,26,34)(H,27,31,35)/t12-,13-,16-,17-,18-,19-,20-,21-/m1/s1. The number of aliphatic hydroxyl groups excluding tert-OH is 3. The fraction of sp³-hybridized carbons (Fsp3) is 0.667. The first-order valence-electron chi connectivity index (χ1n) is 13.6. The molecular formula is C24H38N5O13PSi. The Morgan fingerprint density at radius 1 is 1.05 bits per heavy atom. The van der Waals surface area contributed by atoms with Crippen molar-refractivity contribution in [1.82, 2.24) is 19.1 Å². The molecule has 0 saturated carbocycles. The maximum absolute atomic E-state index is 13.2. The van der Waals surface area contributed by atoms with Crippen LogP contribution in [0.5, 0.6) is 0 Å². The van der Waals surface area contributed by atoms with Crippen molar-refractivity contribution in [2.75, 3.05) is 18.9 Å². The molecule has 2 fully saturated rings. The number of nitrogens with one attached hydrogen (secondary N) is 1. The third-order valence-electron chi connectivity index (χ3n) is 7.95. The SMILES string of the molecule is CC(C)(C)[Si](C)(C)O[C@@H]1[C@H](OP(=O)(O)OC[C@H]2O[C@@H](n3ccc(=O)[nH]c3=O)[C@H](O)[C@@H]2O)[C@@H](CO)O[C@H]1n1ccc(N)nc1=O. The minimum Gasteiger partial charge on any atom is -0.407 e. The lowest BCUT2D eigenvalue weighted by molar-refractivity contribution is -0.0614. The van der Waals surface area contributed by atoms with E-state index in [1.54, 1.807) is 0 Å². The summed E-state index contributed by atoms with van der Waals surface area (Å²) in [5, 5.41) is 30.7. The summed E-state index contributed by atoms with van der Waals surface area (Å²) in [6.45, 7) is 8.20. The molecule has 4 heterocycles. The molecule has 0 bridgehead atoms. The van der Waals surface area contributed by atoms with Crippen LogP contribution in [0.2, 0.25) is 18.1 Å². The topological polar surface area (TPSA) is 260 Å². The molecule has 9 atom stereocenters. The molecule has 2 saturated heterocycles. The van der Waals surface area contributed by atoms with Crippen molar-refractivity contribution < 1.29 is 47.7 Å². The van der Waals surface area contributed by atoms with E-state index in [0.29, 0.717) is 0 Å². The quantitative estimate of drug-likeness (QED) is 0.129. The highest BCUT2D eigenvalue weighted by Crippen LogP contribution is 2.51.